The Kier molecular flexibility index (Phi) is 7.70. The quantitative estimate of drug-likeness (QED) is 0.661. The molecular formula is C22H26F2N2O3. The summed E-state index contributed by atoms with van der Waals surface area (Å²) in [7, 11) is 0. The number of nitrogens with one attached hydrogen (secondary N) is 2. The Labute approximate surface area is 169 Å². The van der Waals surface area contributed by atoms with Crippen LogP contribution < -0.4 is 15.4 Å². The van der Waals surface area contributed by atoms with Gasteiger partial charge in [0.1, 0.15) is 24.0 Å². The van der Waals surface area contributed by atoms with E-state index in [0.29, 0.717) is 19.2 Å². The van der Waals surface area contributed by atoms with Crippen molar-refractivity contribution in [2.45, 2.75) is 32.6 Å². The van der Waals surface area contributed by atoms with Crippen LogP contribution in [0.25, 0.3) is 0 Å². The maximum atomic E-state index is 13.5. The fourth-order valence-electron chi connectivity index (χ4n) is 2.56. The molecule has 5 nitrogen and oxygen atoms in total. The maximum Gasteiger partial charge on any atom is 0.254 e. The number of hydrogen-bond donors (Lipinski definition) is 2. The Bertz CT molecular complexity index is 846. The summed E-state index contributed by atoms with van der Waals surface area (Å²) in [6.07, 6.45) is 0.0365. The third-order valence-electron chi connectivity index (χ3n) is 4.23. The van der Waals surface area contributed by atoms with Crippen LogP contribution in [0, 0.1) is 11.6 Å². The molecule has 0 spiro atoms. The summed E-state index contributed by atoms with van der Waals surface area (Å²) in [5, 5.41) is 5.11. The van der Waals surface area contributed by atoms with Gasteiger partial charge in [-0.3, -0.25) is 9.59 Å². The van der Waals surface area contributed by atoms with Crippen molar-refractivity contribution in [3.63, 3.8) is 0 Å². The van der Waals surface area contributed by atoms with Gasteiger partial charge in [-0.15, -0.1) is 0 Å². The van der Waals surface area contributed by atoms with Crippen molar-refractivity contribution in [3.8, 4) is 5.75 Å². The molecule has 156 valence electrons. The molecule has 0 aliphatic carbocycles. The average molecular weight is 404 g/mol. The van der Waals surface area contributed by atoms with Crippen LogP contribution in [0.4, 0.5) is 8.78 Å². The number of carbonyl (C=O) groups is 2. The van der Waals surface area contributed by atoms with E-state index in [0.717, 1.165) is 17.9 Å². The summed E-state index contributed by atoms with van der Waals surface area (Å²) < 4.78 is 32.0. The topological polar surface area (TPSA) is 67.4 Å². The van der Waals surface area contributed by atoms with Crippen LogP contribution in [0.1, 0.15) is 43.1 Å². The lowest BCUT2D eigenvalue weighted by molar-refractivity contribution is -0.121. The molecule has 2 amide bonds. The lowest BCUT2D eigenvalue weighted by Crippen LogP contribution is -2.33. The SMILES string of the molecule is CC(C)(C)c1ccc(OCCNC(=O)CCNC(=O)c2ccc(F)cc2F)cc1. The van der Waals surface area contributed by atoms with Gasteiger partial charge in [-0.05, 0) is 35.2 Å². The first-order chi connectivity index (χ1) is 13.7. The van der Waals surface area contributed by atoms with E-state index in [-0.39, 0.29) is 29.9 Å². The van der Waals surface area contributed by atoms with Crippen molar-refractivity contribution >= 4 is 11.8 Å². The number of hydrogen-bond acceptors (Lipinski definition) is 3. The molecule has 0 heterocycles. The summed E-state index contributed by atoms with van der Waals surface area (Å²) in [5.74, 6) is -1.94. The zero-order valence-corrected chi connectivity index (χ0v) is 16.9. The maximum absolute atomic E-state index is 13.5. The van der Waals surface area contributed by atoms with E-state index in [1.807, 2.05) is 24.3 Å². The molecule has 0 radical (unpaired) electrons. The van der Waals surface area contributed by atoms with Gasteiger partial charge < -0.3 is 15.4 Å². The van der Waals surface area contributed by atoms with Crippen molar-refractivity contribution in [2.24, 2.45) is 0 Å². The van der Waals surface area contributed by atoms with Crippen LogP contribution in [-0.4, -0.2) is 31.5 Å². The largest absolute Gasteiger partial charge is 0.492 e. The predicted molar refractivity (Wildman–Crippen MR) is 107 cm³/mol. The van der Waals surface area contributed by atoms with Crippen molar-refractivity contribution in [1.29, 1.82) is 0 Å². The highest BCUT2D eigenvalue weighted by Crippen LogP contribution is 2.24. The minimum Gasteiger partial charge on any atom is -0.492 e. The second kappa shape index (κ2) is 10.0. The summed E-state index contributed by atoms with van der Waals surface area (Å²) in [4.78, 5) is 23.6. The van der Waals surface area contributed by atoms with Crippen molar-refractivity contribution in [1.82, 2.24) is 10.6 Å². The van der Waals surface area contributed by atoms with Gasteiger partial charge >= 0.3 is 0 Å². The first-order valence-corrected chi connectivity index (χ1v) is 9.40. The first-order valence-electron chi connectivity index (χ1n) is 9.40. The Morgan fingerprint density at radius 2 is 1.66 bits per heavy atom. The monoisotopic (exact) mass is 404 g/mol. The van der Waals surface area contributed by atoms with Crippen molar-refractivity contribution in [3.05, 3.63) is 65.2 Å². The standard InChI is InChI=1S/C22H26F2N2O3/c1-22(2,3)15-4-7-17(8-5-15)29-13-12-25-20(27)10-11-26-21(28)18-9-6-16(23)14-19(18)24/h4-9,14H,10-13H2,1-3H3,(H,25,27)(H,26,28). The van der Waals surface area contributed by atoms with Gasteiger partial charge in [0.25, 0.3) is 5.91 Å². The summed E-state index contributed by atoms with van der Waals surface area (Å²) >= 11 is 0. The molecule has 0 aromatic heterocycles. The van der Waals surface area contributed by atoms with Gasteiger partial charge in [0.15, 0.2) is 0 Å². The van der Waals surface area contributed by atoms with Gasteiger partial charge in [0.2, 0.25) is 5.91 Å². The molecule has 0 aliphatic heterocycles. The Morgan fingerprint density at radius 3 is 2.28 bits per heavy atom. The van der Waals surface area contributed by atoms with E-state index < -0.39 is 17.5 Å². The Morgan fingerprint density at radius 1 is 0.966 bits per heavy atom. The van der Waals surface area contributed by atoms with Crippen LogP contribution >= 0.6 is 0 Å². The minimum atomic E-state index is -0.945. The van der Waals surface area contributed by atoms with Crippen LogP contribution in [-0.2, 0) is 10.2 Å². The molecule has 0 saturated carbocycles. The normalized spacial score (nSPS) is 11.1. The Balaban J connectivity index is 1.64. The van der Waals surface area contributed by atoms with Gasteiger partial charge in [0.05, 0.1) is 12.1 Å². The van der Waals surface area contributed by atoms with Crippen LogP contribution in [0.2, 0.25) is 0 Å². The second-order valence-corrected chi connectivity index (χ2v) is 7.60. The van der Waals surface area contributed by atoms with Crippen LogP contribution in [0.15, 0.2) is 42.5 Å². The molecule has 0 aliphatic rings. The third-order valence-corrected chi connectivity index (χ3v) is 4.23. The molecule has 2 aromatic rings. The molecule has 2 rings (SSSR count). The fourth-order valence-corrected chi connectivity index (χ4v) is 2.56. The van der Waals surface area contributed by atoms with Crippen LogP contribution in [0.3, 0.4) is 0 Å². The predicted octanol–water partition coefficient (Wildman–Crippen LogP) is 3.58. The number of halogens is 2. The number of carbonyl (C=O) groups excluding carboxylic acids is 2. The van der Waals surface area contributed by atoms with Gasteiger partial charge in [-0.2, -0.15) is 0 Å². The summed E-state index contributed by atoms with van der Waals surface area (Å²) in [6.45, 7) is 7.08. The summed E-state index contributed by atoms with van der Waals surface area (Å²) in [5.41, 5.74) is 1.02. The van der Waals surface area contributed by atoms with Crippen molar-refractivity contribution in [2.75, 3.05) is 19.7 Å². The van der Waals surface area contributed by atoms with E-state index in [1.54, 1.807) is 0 Å². The highest BCUT2D eigenvalue weighted by atomic mass is 19.1. The van der Waals surface area contributed by atoms with E-state index in [9.17, 15) is 18.4 Å². The number of benzene rings is 2. The lowest BCUT2D eigenvalue weighted by atomic mass is 9.87. The lowest BCUT2D eigenvalue weighted by Gasteiger charge is -2.19. The molecule has 7 heteroatoms. The molecule has 2 N–H and O–H groups in total. The zero-order valence-electron chi connectivity index (χ0n) is 16.9. The van der Waals surface area contributed by atoms with E-state index in [2.05, 4.69) is 31.4 Å². The molecule has 0 saturated heterocycles. The summed E-state index contributed by atoms with van der Waals surface area (Å²) in [6, 6.07) is 10.5. The van der Waals surface area contributed by atoms with Gasteiger partial charge in [0, 0.05) is 19.0 Å². The highest BCUT2D eigenvalue weighted by molar-refractivity contribution is 5.94. The van der Waals surface area contributed by atoms with E-state index >= 15 is 0 Å². The van der Waals surface area contributed by atoms with Gasteiger partial charge in [-0.1, -0.05) is 32.9 Å². The first kappa shape index (κ1) is 22.3. The molecule has 2 aromatic carbocycles. The minimum absolute atomic E-state index is 0.0365. The number of ether oxygens (including phenoxy) is 1. The zero-order chi connectivity index (χ0) is 21.4. The highest BCUT2D eigenvalue weighted by Gasteiger charge is 2.13. The number of amides is 2. The smallest absolute Gasteiger partial charge is 0.254 e. The molecule has 0 fully saturated rings. The molecule has 29 heavy (non-hydrogen) atoms. The molecular weight excluding hydrogens is 378 g/mol. The van der Waals surface area contributed by atoms with E-state index in [4.69, 9.17) is 4.74 Å². The molecule has 0 unspecified atom stereocenters. The average Bonchev–Trinajstić information content (AvgIpc) is 2.65. The Hall–Kier alpha value is -2.96. The van der Waals surface area contributed by atoms with E-state index in [1.165, 1.54) is 5.56 Å². The fraction of sp³-hybridized carbons (Fsp3) is 0.364. The molecule has 0 bridgehead atoms. The number of rotatable bonds is 8. The van der Waals surface area contributed by atoms with Crippen LogP contribution in [0.5, 0.6) is 5.75 Å². The third kappa shape index (κ3) is 7.18. The molecule has 0 atom stereocenters. The second-order valence-electron chi connectivity index (χ2n) is 7.60. The van der Waals surface area contributed by atoms with Crippen molar-refractivity contribution < 1.29 is 23.1 Å². The van der Waals surface area contributed by atoms with Gasteiger partial charge in [-0.25, -0.2) is 8.78 Å².